The van der Waals surface area contributed by atoms with Crippen LogP contribution in [0.1, 0.15) is 30.0 Å². The summed E-state index contributed by atoms with van der Waals surface area (Å²) in [5.41, 5.74) is 2.38. The van der Waals surface area contributed by atoms with Crippen LogP contribution in [0.2, 0.25) is 5.15 Å². The van der Waals surface area contributed by atoms with Crippen LogP contribution in [0.5, 0.6) is 0 Å². The molecular weight excluding hydrogens is 314 g/mol. The molecule has 1 aromatic carbocycles. The van der Waals surface area contributed by atoms with Crippen molar-refractivity contribution in [3.8, 4) is 0 Å². The number of pyridine rings is 1. The molecule has 2 amide bonds. The Morgan fingerprint density at radius 3 is 2.74 bits per heavy atom. The van der Waals surface area contributed by atoms with Crippen LogP contribution in [0.4, 0.5) is 10.5 Å². The molecule has 1 unspecified atom stereocenters. The van der Waals surface area contributed by atoms with E-state index in [0.717, 1.165) is 11.1 Å². The zero-order valence-electron chi connectivity index (χ0n) is 12.9. The van der Waals surface area contributed by atoms with Gasteiger partial charge < -0.3 is 15.7 Å². The number of aliphatic hydroxyl groups excluding tert-OH is 1. The molecule has 0 aliphatic carbocycles. The molecule has 0 saturated carbocycles. The van der Waals surface area contributed by atoms with E-state index in [1.54, 1.807) is 6.07 Å². The molecule has 1 aromatic heterocycles. The molecule has 0 fully saturated rings. The van der Waals surface area contributed by atoms with E-state index in [-0.39, 0.29) is 18.7 Å². The van der Waals surface area contributed by atoms with Gasteiger partial charge in [0.1, 0.15) is 5.15 Å². The Morgan fingerprint density at radius 2 is 2.09 bits per heavy atom. The molecule has 0 aliphatic heterocycles. The van der Waals surface area contributed by atoms with Gasteiger partial charge in [-0.15, -0.1) is 0 Å². The fourth-order valence-electron chi connectivity index (χ4n) is 2.25. The highest BCUT2D eigenvalue weighted by atomic mass is 35.5. The minimum atomic E-state index is -0.319. The molecule has 0 radical (unpaired) electrons. The highest BCUT2D eigenvalue weighted by Crippen LogP contribution is 2.19. The summed E-state index contributed by atoms with van der Waals surface area (Å²) >= 11 is 5.88. The second-order valence-electron chi connectivity index (χ2n) is 5.26. The number of hydrogen-bond donors (Lipinski definition) is 3. The van der Waals surface area contributed by atoms with Crippen LogP contribution >= 0.6 is 11.6 Å². The predicted octanol–water partition coefficient (Wildman–Crippen LogP) is 3.68. The molecule has 0 saturated heterocycles. The quantitative estimate of drug-likeness (QED) is 0.706. The molecule has 0 aliphatic rings. The zero-order chi connectivity index (χ0) is 16.7. The second kappa shape index (κ2) is 8.50. The number of urea groups is 1. The van der Waals surface area contributed by atoms with E-state index in [4.69, 9.17) is 16.7 Å². The smallest absolute Gasteiger partial charge is 0.319 e. The third kappa shape index (κ3) is 5.23. The minimum Gasteiger partial charge on any atom is -0.396 e. The molecule has 0 spiro atoms. The van der Waals surface area contributed by atoms with Crippen LogP contribution < -0.4 is 10.6 Å². The molecule has 1 atom stereocenters. The summed E-state index contributed by atoms with van der Waals surface area (Å²) in [6, 6.07) is 11.0. The van der Waals surface area contributed by atoms with Gasteiger partial charge >= 0.3 is 6.03 Å². The average molecular weight is 334 g/mol. The van der Waals surface area contributed by atoms with E-state index in [9.17, 15) is 4.79 Å². The maximum absolute atomic E-state index is 12.2. The van der Waals surface area contributed by atoms with Crippen LogP contribution in [-0.2, 0) is 0 Å². The molecule has 3 N–H and O–H groups in total. The number of nitrogens with zero attached hydrogens (tertiary/aromatic N) is 1. The van der Waals surface area contributed by atoms with Crippen molar-refractivity contribution in [2.75, 3.05) is 11.9 Å². The maximum Gasteiger partial charge on any atom is 0.319 e. The summed E-state index contributed by atoms with van der Waals surface area (Å²) in [5.74, 6) is 0. The van der Waals surface area contributed by atoms with Crippen molar-refractivity contribution in [2.45, 2.75) is 25.8 Å². The topological polar surface area (TPSA) is 74.2 Å². The SMILES string of the molecule is Cc1cc(NC(=O)NC(CCCO)c2ccccc2)cnc1Cl. The summed E-state index contributed by atoms with van der Waals surface area (Å²) < 4.78 is 0. The lowest BCUT2D eigenvalue weighted by atomic mass is 10.0. The summed E-state index contributed by atoms with van der Waals surface area (Å²) in [7, 11) is 0. The number of aryl methyl sites for hydroxylation is 1. The molecule has 2 rings (SSSR count). The third-order valence-electron chi connectivity index (χ3n) is 3.43. The van der Waals surface area contributed by atoms with Crippen LogP contribution in [-0.4, -0.2) is 22.7 Å². The molecule has 122 valence electrons. The number of benzene rings is 1. The second-order valence-corrected chi connectivity index (χ2v) is 5.62. The van der Waals surface area contributed by atoms with Gasteiger partial charge in [-0.3, -0.25) is 0 Å². The van der Waals surface area contributed by atoms with Crippen molar-refractivity contribution in [2.24, 2.45) is 0 Å². The third-order valence-corrected chi connectivity index (χ3v) is 3.83. The summed E-state index contributed by atoms with van der Waals surface area (Å²) in [4.78, 5) is 16.2. The largest absolute Gasteiger partial charge is 0.396 e. The van der Waals surface area contributed by atoms with Crippen molar-refractivity contribution in [1.82, 2.24) is 10.3 Å². The molecule has 23 heavy (non-hydrogen) atoms. The van der Waals surface area contributed by atoms with Gasteiger partial charge in [-0.05, 0) is 37.0 Å². The molecule has 6 heteroatoms. The van der Waals surface area contributed by atoms with Gasteiger partial charge in [0.2, 0.25) is 0 Å². The van der Waals surface area contributed by atoms with Gasteiger partial charge in [-0.2, -0.15) is 0 Å². The molecular formula is C17H20ClN3O2. The van der Waals surface area contributed by atoms with Gasteiger partial charge in [0, 0.05) is 6.61 Å². The first-order valence-corrected chi connectivity index (χ1v) is 7.83. The number of rotatable bonds is 6. The fraction of sp³-hybridized carbons (Fsp3) is 0.294. The monoisotopic (exact) mass is 333 g/mol. The number of amides is 2. The maximum atomic E-state index is 12.2. The molecule has 1 heterocycles. The van der Waals surface area contributed by atoms with Crippen molar-refractivity contribution in [3.63, 3.8) is 0 Å². The average Bonchev–Trinajstić information content (AvgIpc) is 2.55. The fourth-order valence-corrected chi connectivity index (χ4v) is 2.36. The number of hydrogen-bond acceptors (Lipinski definition) is 3. The van der Waals surface area contributed by atoms with Crippen molar-refractivity contribution < 1.29 is 9.90 Å². The number of carbonyl (C=O) groups is 1. The lowest BCUT2D eigenvalue weighted by molar-refractivity contribution is 0.244. The van der Waals surface area contributed by atoms with E-state index in [0.29, 0.717) is 23.7 Å². The van der Waals surface area contributed by atoms with Crippen molar-refractivity contribution in [3.05, 3.63) is 58.9 Å². The Hall–Kier alpha value is -2.11. The highest BCUT2D eigenvalue weighted by molar-refractivity contribution is 6.30. The Labute approximate surface area is 140 Å². The number of aromatic nitrogens is 1. The van der Waals surface area contributed by atoms with Gasteiger partial charge in [-0.25, -0.2) is 9.78 Å². The molecule has 5 nitrogen and oxygen atoms in total. The van der Waals surface area contributed by atoms with Gasteiger partial charge in [0.15, 0.2) is 0 Å². The van der Waals surface area contributed by atoms with Crippen LogP contribution in [0, 0.1) is 6.92 Å². The normalized spacial score (nSPS) is 11.8. The number of aliphatic hydroxyl groups is 1. The number of anilines is 1. The predicted molar refractivity (Wildman–Crippen MR) is 91.6 cm³/mol. The van der Waals surface area contributed by atoms with E-state index in [2.05, 4.69) is 15.6 Å². The Morgan fingerprint density at radius 1 is 1.35 bits per heavy atom. The summed E-state index contributed by atoms with van der Waals surface area (Å²) in [6.07, 6.45) is 2.79. The van der Waals surface area contributed by atoms with Crippen LogP contribution in [0.25, 0.3) is 0 Å². The first kappa shape index (κ1) is 17.2. The van der Waals surface area contributed by atoms with Gasteiger partial charge in [0.05, 0.1) is 17.9 Å². The number of halogens is 1. The zero-order valence-corrected chi connectivity index (χ0v) is 13.7. The standard InChI is InChI=1S/C17H20ClN3O2/c1-12-10-14(11-19-16(12)18)20-17(23)21-15(8-5-9-22)13-6-3-2-4-7-13/h2-4,6-7,10-11,15,22H,5,8-9H2,1H3,(H2,20,21,23). The Kier molecular flexibility index (Phi) is 6.38. The lowest BCUT2D eigenvalue weighted by Crippen LogP contribution is -2.32. The molecule has 2 aromatic rings. The van der Waals surface area contributed by atoms with Gasteiger partial charge in [0.25, 0.3) is 0 Å². The van der Waals surface area contributed by atoms with Crippen molar-refractivity contribution >= 4 is 23.3 Å². The van der Waals surface area contributed by atoms with E-state index in [1.165, 1.54) is 6.20 Å². The van der Waals surface area contributed by atoms with E-state index >= 15 is 0 Å². The molecule has 0 bridgehead atoms. The first-order valence-electron chi connectivity index (χ1n) is 7.45. The first-order chi connectivity index (χ1) is 11.1. The van der Waals surface area contributed by atoms with E-state index in [1.807, 2.05) is 37.3 Å². The highest BCUT2D eigenvalue weighted by Gasteiger charge is 2.14. The lowest BCUT2D eigenvalue weighted by Gasteiger charge is -2.19. The number of carbonyl (C=O) groups excluding carboxylic acids is 1. The Balaban J connectivity index is 2.03. The number of nitrogens with one attached hydrogen (secondary N) is 2. The summed E-state index contributed by atoms with van der Waals surface area (Å²) in [5, 5.41) is 15.1. The Bertz CT molecular complexity index is 650. The van der Waals surface area contributed by atoms with Crippen LogP contribution in [0.15, 0.2) is 42.6 Å². The van der Waals surface area contributed by atoms with Gasteiger partial charge in [-0.1, -0.05) is 41.9 Å². The van der Waals surface area contributed by atoms with E-state index < -0.39 is 0 Å². The van der Waals surface area contributed by atoms with Crippen molar-refractivity contribution in [1.29, 1.82) is 0 Å². The summed E-state index contributed by atoms with van der Waals surface area (Å²) in [6.45, 7) is 1.92. The van der Waals surface area contributed by atoms with Crippen LogP contribution in [0.3, 0.4) is 0 Å². The minimum absolute atomic E-state index is 0.0902.